The maximum atomic E-state index is 6.24. The van der Waals surface area contributed by atoms with Crippen molar-refractivity contribution in [1.29, 1.82) is 0 Å². The SMILES string of the molecule is CCOc1cc(C[NH2+]Cc2cccnc2)cc(Cl)c1OC. The molecule has 0 aliphatic rings. The fourth-order valence-corrected chi connectivity index (χ4v) is 2.44. The monoisotopic (exact) mass is 307 g/mol. The molecule has 0 bridgehead atoms. The van der Waals surface area contributed by atoms with Gasteiger partial charge in [-0.1, -0.05) is 17.7 Å². The van der Waals surface area contributed by atoms with Gasteiger partial charge < -0.3 is 14.8 Å². The van der Waals surface area contributed by atoms with Crippen molar-refractivity contribution in [3.05, 3.63) is 52.8 Å². The Labute approximate surface area is 130 Å². The predicted octanol–water partition coefficient (Wildman–Crippen LogP) is 2.41. The number of hydrogen-bond donors (Lipinski definition) is 1. The van der Waals surface area contributed by atoms with Crippen LogP contribution in [0.3, 0.4) is 0 Å². The first-order chi connectivity index (χ1) is 10.2. The van der Waals surface area contributed by atoms with E-state index < -0.39 is 0 Å². The molecular weight excluding hydrogens is 288 g/mol. The van der Waals surface area contributed by atoms with E-state index in [9.17, 15) is 0 Å². The van der Waals surface area contributed by atoms with Gasteiger partial charge in [0.05, 0.1) is 18.7 Å². The van der Waals surface area contributed by atoms with Crippen LogP contribution >= 0.6 is 11.6 Å². The normalized spacial score (nSPS) is 10.4. The first kappa shape index (κ1) is 15.6. The Balaban J connectivity index is 2.03. The Morgan fingerprint density at radius 1 is 1.24 bits per heavy atom. The van der Waals surface area contributed by atoms with E-state index >= 15 is 0 Å². The number of ether oxygens (including phenoxy) is 2. The quantitative estimate of drug-likeness (QED) is 0.854. The number of rotatable bonds is 7. The van der Waals surface area contributed by atoms with E-state index in [4.69, 9.17) is 21.1 Å². The predicted molar refractivity (Wildman–Crippen MR) is 82.7 cm³/mol. The molecule has 0 saturated heterocycles. The lowest BCUT2D eigenvalue weighted by molar-refractivity contribution is -0.686. The fourth-order valence-electron chi connectivity index (χ4n) is 2.12. The van der Waals surface area contributed by atoms with E-state index in [0.717, 1.165) is 18.7 Å². The van der Waals surface area contributed by atoms with Gasteiger partial charge in [-0.3, -0.25) is 4.98 Å². The smallest absolute Gasteiger partial charge is 0.179 e. The molecule has 1 aromatic heterocycles. The second kappa shape index (κ2) is 7.86. The van der Waals surface area contributed by atoms with Crippen molar-refractivity contribution < 1.29 is 14.8 Å². The third kappa shape index (κ3) is 4.34. The number of benzene rings is 1. The maximum absolute atomic E-state index is 6.24. The lowest BCUT2D eigenvalue weighted by Gasteiger charge is -2.12. The number of hydrogen-bond acceptors (Lipinski definition) is 3. The van der Waals surface area contributed by atoms with Gasteiger partial charge in [-0.05, 0) is 25.1 Å². The average molecular weight is 308 g/mol. The number of nitrogens with two attached hydrogens (primary N) is 1. The summed E-state index contributed by atoms with van der Waals surface area (Å²) in [5.41, 5.74) is 2.30. The zero-order valence-electron chi connectivity index (χ0n) is 12.3. The molecule has 0 amide bonds. The summed E-state index contributed by atoms with van der Waals surface area (Å²) in [4.78, 5) is 4.11. The topological polar surface area (TPSA) is 48.0 Å². The van der Waals surface area contributed by atoms with E-state index in [1.807, 2.05) is 31.3 Å². The number of quaternary nitrogens is 1. The highest BCUT2D eigenvalue weighted by atomic mass is 35.5. The van der Waals surface area contributed by atoms with E-state index in [1.54, 1.807) is 13.3 Å². The summed E-state index contributed by atoms with van der Waals surface area (Å²) in [7, 11) is 1.60. The standard InChI is InChI=1S/C16H19ClN2O2/c1-3-21-15-8-13(7-14(17)16(15)20-2)11-19-10-12-5-4-6-18-9-12/h4-9,19H,3,10-11H2,1-2H3/p+1. The van der Waals surface area contributed by atoms with Crippen LogP contribution in [-0.4, -0.2) is 18.7 Å². The molecule has 4 nitrogen and oxygen atoms in total. The molecule has 0 unspecified atom stereocenters. The first-order valence-electron chi connectivity index (χ1n) is 6.94. The molecule has 2 N–H and O–H groups in total. The van der Waals surface area contributed by atoms with E-state index in [0.29, 0.717) is 23.1 Å². The van der Waals surface area contributed by atoms with Crippen molar-refractivity contribution in [2.45, 2.75) is 20.0 Å². The Bertz CT molecular complexity index is 576. The third-order valence-corrected chi connectivity index (χ3v) is 3.34. The highest BCUT2D eigenvalue weighted by Gasteiger charge is 2.12. The van der Waals surface area contributed by atoms with Gasteiger partial charge in [0, 0.05) is 23.5 Å². The van der Waals surface area contributed by atoms with Crippen molar-refractivity contribution in [2.24, 2.45) is 0 Å². The molecule has 0 spiro atoms. The van der Waals surface area contributed by atoms with Crippen molar-refractivity contribution in [1.82, 2.24) is 4.98 Å². The van der Waals surface area contributed by atoms with E-state index in [-0.39, 0.29) is 0 Å². The summed E-state index contributed by atoms with van der Waals surface area (Å²) in [6, 6.07) is 7.91. The van der Waals surface area contributed by atoms with Crippen LogP contribution < -0.4 is 14.8 Å². The highest BCUT2D eigenvalue weighted by molar-refractivity contribution is 6.32. The Hall–Kier alpha value is -1.78. The molecule has 2 rings (SSSR count). The van der Waals surface area contributed by atoms with Gasteiger partial charge in [0.2, 0.25) is 0 Å². The summed E-state index contributed by atoms with van der Waals surface area (Å²) < 4.78 is 10.9. The average Bonchev–Trinajstić information content (AvgIpc) is 2.48. The maximum Gasteiger partial charge on any atom is 0.179 e. The minimum Gasteiger partial charge on any atom is -0.491 e. The van der Waals surface area contributed by atoms with Crippen LogP contribution in [0.5, 0.6) is 11.5 Å². The largest absolute Gasteiger partial charge is 0.491 e. The van der Waals surface area contributed by atoms with Gasteiger partial charge >= 0.3 is 0 Å². The summed E-state index contributed by atoms with van der Waals surface area (Å²) in [5.74, 6) is 1.28. The lowest BCUT2D eigenvalue weighted by atomic mass is 10.2. The van der Waals surface area contributed by atoms with Gasteiger partial charge in [0.15, 0.2) is 11.5 Å². The number of nitrogens with zero attached hydrogens (tertiary/aromatic N) is 1. The molecule has 0 saturated carbocycles. The molecule has 0 aliphatic carbocycles. The number of pyridine rings is 1. The van der Waals surface area contributed by atoms with Crippen molar-refractivity contribution in [3.8, 4) is 11.5 Å². The van der Waals surface area contributed by atoms with Gasteiger partial charge in [-0.2, -0.15) is 0 Å². The Morgan fingerprint density at radius 3 is 2.71 bits per heavy atom. The van der Waals surface area contributed by atoms with Crippen LogP contribution in [0.2, 0.25) is 5.02 Å². The molecule has 0 radical (unpaired) electrons. The van der Waals surface area contributed by atoms with Crippen LogP contribution in [0.25, 0.3) is 0 Å². The van der Waals surface area contributed by atoms with Crippen LogP contribution in [0.15, 0.2) is 36.7 Å². The molecule has 21 heavy (non-hydrogen) atoms. The summed E-state index contributed by atoms with van der Waals surface area (Å²) in [6.07, 6.45) is 3.66. The highest BCUT2D eigenvalue weighted by Crippen LogP contribution is 2.36. The van der Waals surface area contributed by atoms with E-state index in [1.165, 1.54) is 5.56 Å². The second-order valence-corrected chi connectivity index (χ2v) is 5.01. The summed E-state index contributed by atoms with van der Waals surface area (Å²) in [5, 5.41) is 2.78. The lowest BCUT2D eigenvalue weighted by Crippen LogP contribution is -2.80. The number of aromatic nitrogens is 1. The zero-order valence-corrected chi connectivity index (χ0v) is 13.1. The molecule has 5 heteroatoms. The van der Waals surface area contributed by atoms with Crippen LogP contribution in [-0.2, 0) is 13.1 Å². The van der Waals surface area contributed by atoms with Crippen LogP contribution in [0.1, 0.15) is 18.1 Å². The molecule has 0 atom stereocenters. The second-order valence-electron chi connectivity index (χ2n) is 4.60. The van der Waals surface area contributed by atoms with Gasteiger partial charge in [-0.15, -0.1) is 0 Å². The Morgan fingerprint density at radius 2 is 2.05 bits per heavy atom. The van der Waals surface area contributed by atoms with Gasteiger partial charge in [-0.25, -0.2) is 0 Å². The number of methoxy groups -OCH3 is 1. The molecule has 0 fully saturated rings. The van der Waals surface area contributed by atoms with E-state index in [2.05, 4.69) is 16.4 Å². The molecular formula is C16H20ClN2O2+. The summed E-state index contributed by atoms with van der Waals surface area (Å²) >= 11 is 6.24. The van der Waals surface area contributed by atoms with Crippen LogP contribution in [0.4, 0.5) is 0 Å². The van der Waals surface area contributed by atoms with Crippen LogP contribution in [0, 0.1) is 0 Å². The summed E-state index contributed by atoms with van der Waals surface area (Å²) in [6.45, 7) is 4.21. The van der Waals surface area contributed by atoms with Crippen molar-refractivity contribution in [3.63, 3.8) is 0 Å². The first-order valence-corrected chi connectivity index (χ1v) is 7.32. The minimum atomic E-state index is 0.577. The van der Waals surface area contributed by atoms with Crippen molar-refractivity contribution in [2.75, 3.05) is 13.7 Å². The number of halogens is 1. The molecule has 1 heterocycles. The molecule has 1 aromatic carbocycles. The zero-order chi connectivity index (χ0) is 15.1. The molecule has 0 aliphatic heterocycles. The minimum absolute atomic E-state index is 0.577. The van der Waals surface area contributed by atoms with Crippen molar-refractivity contribution >= 4 is 11.6 Å². The Kier molecular flexibility index (Phi) is 5.84. The molecule has 2 aromatic rings. The van der Waals surface area contributed by atoms with Gasteiger partial charge in [0.25, 0.3) is 0 Å². The molecule has 112 valence electrons. The van der Waals surface area contributed by atoms with Gasteiger partial charge in [0.1, 0.15) is 13.1 Å². The third-order valence-electron chi connectivity index (χ3n) is 3.06. The fraction of sp³-hybridized carbons (Fsp3) is 0.312.